The van der Waals surface area contributed by atoms with Crippen LogP contribution in [0.1, 0.15) is 15.9 Å². The van der Waals surface area contributed by atoms with Crippen LogP contribution in [0.15, 0.2) is 40.9 Å². The summed E-state index contributed by atoms with van der Waals surface area (Å²) in [6.45, 7) is 1.73. The zero-order valence-corrected chi connectivity index (χ0v) is 12.3. The summed E-state index contributed by atoms with van der Waals surface area (Å²) < 4.78 is 13.9. The lowest BCUT2D eigenvalue weighted by Gasteiger charge is -2.07. The van der Waals surface area contributed by atoms with Gasteiger partial charge >= 0.3 is 0 Å². The van der Waals surface area contributed by atoms with E-state index in [1.165, 1.54) is 12.1 Å². The van der Waals surface area contributed by atoms with Crippen LogP contribution in [0.25, 0.3) is 0 Å². The third-order valence-electron chi connectivity index (χ3n) is 2.48. The first kappa shape index (κ1) is 14.0. The standard InChI is InChI=1S/C14H10BrClFNO/c1-8-4-9(6-10(17)5-8)14(19)18-11-2-3-13(16)12(15)7-11/h2-7H,1H3,(H,18,19). The topological polar surface area (TPSA) is 29.1 Å². The Kier molecular flexibility index (Phi) is 4.22. The molecule has 0 spiro atoms. The van der Waals surface area contributed by atoms with Gasteiger partial charge in [-0.05, 0) is 64.8 Å². The van der Waals surface area contributed by atoms with Gasteiger partial charge in [0, 0.05) is 15.7 Å². The summed E-state index contributed by atoms with van der Waals surface area (Å²) in [5.41, 5.74) is 1.56. The summed E-state index contributed by atoms with van der Waals surface area (Å²) in [5.74, 6) is -0.792. The van der Waals surface area contributed by atoms with E-state index in [-0.39, 0.29) is 11.5 Å². The third kappa shape index (κ3) is 3.55. The Bertz CT molecular complexity index is 625. The van der Waals surface area contributed by atoms with Crippen molar-refractivity contribution in [2.75, 3.05) is 5.32 Å². The van der Waals surface area contributed by atoms with Crippen molar-refractivity contribution in [1.29, 1.82) is 0 Å². The number of nitrogens with one attached hydrogen (secondary N) is 1. The molecule has 0 aromatic heterocycles. The number of aryl methyl sites for hydroxylation is 1. The first-order valence-electron chi connectivity index (χ1n) is 5.49. The Morgan fingerprint density at radius 1 is 1.26 bits per heavy atom. The average molecular weight is 343 g/mol. The second-order valence-corrected chi connectivity index (χ2v) is 5.36. The highest BCUT2D eigenvalue weighted by Gasteiger charge is 2.09. The fraction of sp³-hybridized carbons (Fsp3) is 0.0714. The molecule has 0 aliphatic carbocycles. The van der Waals surface area contributed by atoms with E-state index in [9.17, 15) is 9.18 Å². The molecule has 5 heteroatoms. The van der Waals surface area contributed by atoms with Crippen LogP contribution >= 0.6 is 27.5 Å². The van der Waals surface area contributed by atoms with Crippen molar-refractivity contribution < 1.29 is 9.18 Å². The zero-order chi connectivity index (χ0) is 14.0. The van der Waals surface area contributed by atoms with Crippen LogP contribution < -0.4 is 5.32 Å². The summed E-state index contributed by atoms with van der Waals surface area (Å²) in [7, 11) is 0. The Morgan fingerprint density at radius 2 is 2.00 bits per heavy atom. The molecule has 0 heterocycles. The molecular weight excluding hydrogens is 333 g/mol. The van der Waals surface area contributed by atoms with Gasteiger partial charge in [-0.15, -0.1) is 0 Å². The molecule has 0 atom stereocenters. The summed E-state index contributed by atoms with van der Waals surface area (Å²) in [5, 5.41) is 3.24. The maximum atomic E-state index is 13.2. The van der Waals surface area contributed by atoms with Gasteiger partial charge in [0.15, 0.2) is 0 Å². The van der Waals surface area contributed by atoms with E-state index in [0.717, 1.165) is 0 Å². The van der Waals surface area contributed by atoms with E-state index < -0.39 is 5.82 Å². The van der Waals surface area contributed by atoms with Crippen molar-refractivity contribution in [3.8, 4) is 0 Å². The van der Waals surface area contributed by atoms with Gasteiger partial charge in [-0.25, -0.2) is 4.39 Å². The molecule has 0 bridgehead atoms. The summed E-state index contributed by atoms with van der Waals surface area (Å²) in [6.07, 6.45) is 0. The minimum atomic E-state index is -0.428. The molecule has 0 aliphatic heterocycles. The van der Waals surface area contributed by atoms with Gasteiger partial charge in [-0.2, -0.15) is 0 Å². The van der Waals surface area contributed by atoms with Gasteiger partial charge in [-0.1, -0.05) is 11.6 Å². The monoisotopic (exact) mass is 341 g/mol. The van der Waals surface area contributed by atoms with E-state index in [4.69, 9.17) is 11.6 Å². The Hall–Kier alpha value is -1.39. The number of amides is 1. The lowest BCUT2D eigenvalue weighted by molar-refractivity contribution is 0.102. The van der Waals surface area contributed by atoms with E-state index >= 15 is 0 Å². The molecule has 0 saturated carbocycles. The predicted molar refractivity (Wildman–Crippen MR) is 78.2 cm³/mol. The van der Waals surface area contributed by atoms with Crippen LogP contribution in [-0.4, -0.2) is 5.91 Å². The maximum Gasteiger partial charge on any atom is 0.255 e. The molecule has 98 valence electrons. The maximum absolute atomic E-state index is 13.2. The van der Waals surface area contributed by atoms with Crippen molar-refractivity contribution in [3.05, 3.63) is 62.8 Å². The summed E-state index contributed by atoms with van der Waals surface area (Å²) >= 11 is 9.14. The van der Waals surface area contributed by atoms with Gasteiger partial charge in [0.1, 0.15) is 5.82 Å². The van der Waals surface area contributed by atoms with Crippen LogP contribution in [0.5, 0.6) is 0 Å². The van der Waals surface area contributed by atoms with Crippen molar-refractivity contribution >= 4 is 39.1 Å². The molecule has 1 amide bonds. The van der Waals surface area contributed by atoms with Crippen molar-refractivity contribution in [1.82, 2.24) is 0 Å². The Morgan fingerprint density at radius 3 is 2.63 bits per heavy atom. The van der Waals surface area contributed by atoms with Crippen LogP contribution in [0.4, 0.5) is 10.1 Å². The van der Waals surface area contributed by atoms with E-state index in [2.05, 4.69) is 21.2 Å². The number of carbonyl (C=O) groups excluding carboxylic acids is 1. The quantitative estimate of drug-likeness (QED) is 0.834. The highest BCUT2D eigenvalue weighted by molar-refractivity contribution is 9.10. The summed E-state index contributed by atoms with van der Waals surface area (Å²) in [6, 6.07) is 9.23. The number of anilines is 1. The molecule has 0 saturated heterocycles. The van der Waals surface area contributed by atoms with Crippen molar-refractivity contribution in [3.63, 3.8) is 0 Å². The molecule has 2 nitrogen and oxygen atoms in total. The van der Waals surface area contributed by atoms with Gasteiger partial charge in [-0.3, -0.25) is 4.79 Å². The smallest absolute Gasteiger partial charge is 0.255 e. The Balaban J connectivity index is 2.22. The van der Waals surface area contributed by atoms with Crippen molar-refractivity contribution in [2.45, 2.75) is 6.92 Å². The molecular formula is C14H10BrClFNO. The lowest BCUT2D eigenvalue weighted by atomic mass is 10.1. The minimum Gasteiger partial charge on any atom is -0.322 e. The van der Waals surface area contributed by atoms with Crippen LogP contribution in [0.3, 0.4) is 0 Å². The Labute approximate surface area is 123 Å². The number of hydrogen-bond donors (Lipinski definition) is 1. The van der Waals surface area contributed by atoms with E-state index in [1.807, 2.05) is 0 Å². The van der Waals surface area contributed by atoms with Gasteiger partial charge in [0.25, 0.3) is 5.91 Å². The second-order valence-electron chi connectivity index (χ2n) is 4.10. The number of halogens is 3. The predicted octanol–water partition coefficient (Wildman–Crippen LogP) is 4.80. The van der Waals surface area contributed by atoms with Gasteiger partial charge in [0.05, 0.1) is 5.02 Å². The molecule has 0 fully saturated rings. The molecule has 0 aliphatic rings. The first-order chi connectivity index (χ1) is 8.95. The molecule has 2 aromatic rings. The number of rotatable bonds is 2. The van der Waals surface area contributed by atoms with E-state index in [1.54, 1.807) is 31.2 Å². The zero-order valence-electron chi connectivity index (χ0n) is 10.0. The molecule has 1 N–H and O–H groups in total. The SMILES string of the molecule is Cc1cc(F)cc(C(=O)Nc2ccc(Cl)c(Br)c2)c1. The minimum absolute atomic E-state index is 0.281. The third-order valence-corrected chi connectivity index (χ3v) is 3.70. The van der Waals surface area contributed by atoms with Gasteiger partial charge in [0.2, 0.25) is 0 Å². The largest absolute Gasteiger partial charge is 0.322 e. The number of hydrogen-bond acceptors (Lipinski definition) is 1. The van der Waals surface area contributed by atoms with Gasteiger partial charge < -0.3 is 5.32 Å². The highest BCUT2D eigenvalue weighted by atomic mass is 79.9. The molecule has 2 rings (SSSR count). The fourth-order valence-electron chi connectivity index (χ4n) is 1.64. The van der Waals surface area contributed by atoms with Crippen LogP contribution in [0.2, 0.25) is 5.02 Å². The number of carbonyl (C=O) groups is 1. The lowest BCUT2D eigenvalue weighted by Crippen LogP contribution is -2.12. The molecule has 19 heavy (non-hydrogen) atoms. The second kappa shape index (κ2) is 5.72. The highest BCUT2D eigenvalue weighted by Crippen LogP contribution is 2.25. The number of benzene rings is 2. The normalized spacial score (nSPS) is 10.3. The van der Waals surface area contributed by atoms with Crippen molar-refractivity contribution in [2.24, 2.45) is 0 Å². The van der Waals surface area contributed by atoms with Crippen LogP contribution in [0, 0.1) is 12.7 Å². The first-order valence-corrected chi connectivity index (χ1v) is 6.66. The average Bonchev–Trinajstić information content (AvgIpc) is 2.32. The fourth-order valence-corrected chi connectivity index (χ4v) is 2.14. The molecule has 2 aromatic carbocycles. The van der Waals surface area contributed by atoms with E-state index in [0.29, 0.717) is 20.7 Å². The summed E-state index contributed by atoms with van der Waals surface area (Å²) in [4.78, 5) is 12.0. The molecule has 0 unspecified atom stereocenters. The van der Waals surface area contributed by atoms with Crippen LogP contribution in [-0.2, 0) is 0 Å². The molecule has 0 radical (unpaired) electrons.